The highest BCUT2D eigenvalue weighted by atomic mass is 16.2. The molecule has 1 saturated heterocycles. The summed E-state index contributed by atoms with van der Waals surface area (Å²) < 4.78 is 2.20. The zero-order valence-electron chi connectivity index (χ0n) is 19.7. The van der Waals surface area contributed by atoms with Crippen LogP contribution in [0.1, 0.15) is 46.9 Å². The molecule has 3 aromatic rings. The summed E-state index contributed by atoms with van der Waals surface area (Å²) in [5.41, 5.74) is 4.86. The second-order valence-electron chi connectivity index (χ2n) is 9.44. The first kappa shape index (κ1) is 22.3. The van der Waals surface area contributed by atoms with Crippen LogP contribution in [0.5, 0.6) is 0 Å². The molecule has 4 heteroatoms. The van der Waals surface area contributed by atoms with Gasteiger partial charge in [0, 0.05) is 62.6 Å². The van der Waals surface area contributed by atoms with E-state index >= 15 is 0 Å². The van der Waals surface area contributed by atoms with Gasteiger partial charge in [-0.2, -0.15) is 0 Å². The van der Waals surface area contributed by atoms with Gasteiger partial charge < -0.3 is 9.47 Å². The number of aromatic nitrogens is 1. The Morgan fingerprint density at radius 3 is 2.38 bits per heavy atom. The normalized spacial score (nSPS) is 18.9. The van der Waals surface area contributed by atoms with Gasteiger partial charge in [0.15, 0.2) is 0 Å². The molecule has 168 valence electrons. The molecular formula is C28H35N3O. The summed E-state index contributed by atoms with van der Waals surface area (Å²) in [5.74, 6) is 0.942. The average molecular weight is 430 g/mol. The first-order valence-electron chi connectivity index (χ1n) is 11.7. The lowest BCUT2D eigenvalue weighted by Gasteiger charge is -2.32. The van der Waals surface area contributed by atoms with Gasteiger partial charge in [-0.3, -0.25) is 9.69 Å². The van der Waals surface area contributed by atoms with E-state index < -0.39 is 0 Å². The maximum Gasteiger partial charge on any atom is 0.254 e. The molecule has 0 bridgehead atoms. The fourth-order valence-corrected chi connectivity index (χ4v) is 5.05. The Hall–Kier alpha value is -2.85. The molecule has 1 aliphatic rings. The Kier molecular flexibility index (Phi) is 6.80. The van der Waals surface area contributed by atoms with E-state index in [0.717, 1.165) is 31.7 Å². The summed E-state index contributed by atoms with van der Waals surface area (Å²) >= 11 is 0. The van der Waals surface area contributed by atoms with Crippen molar-refractivity contribution < 1.29 is 4.79 Å². The van der Waals surface area contributed by atoms with Crippen molar-refractivity contribution in [3.63, 3.8) is 0 Å². The highest BCUT2D eigenvalue weighted by molar-refractivity contribution is 5.94. The highest BCUT2D eigenvalue weighted by Crippen LogP contribution is 2.36. The minimum atomic E-state index is 0.130. The van der Waals surface area contributed by atoms with Crippen molar-refractivity contribution in [1.29, 1.82) is 0 Å². The van der Waals surface area contributed by atoms with Crippen molar-refractivity contribution >= 4 is 5.91 Å². The molecule has 2 aromatic carbocycles. The van der Waals surface area contributed by atoms with E-state index in [9.17, 15) is 4.79 Å². The van der Waals surface area contributed by atoms with Crippen molar-refractivity contribution in [3.05, 3.63) is 95.3 Å². The van der Waals surface area contributed by atoms with Gasteiger partial charge in [-0.1, -0.05) is 42.5 Å². The standard InChI is InChI=1S/C28H35N3O/c1-21(2)31(28(32)23-12-6-5-7-13-23)18-24-17-30(19-25-14-10-16-29(25)4)20-27(24)26-15-9-8-11-22(26)3/h5-16,21,24,27H,17-20H2,1-4H3. The molecule has 0 saturated carbocycles. The first-order chi connectivity index (χ1) is 15.4. The molecule has 4 rings (SSSR count). The molecule has 1 aromatic heterocycles. The van der Waals surface area contributed by atoms with Crippen LogP contribution < -0.4 is 0 Å². The Bertz CT molecular complexity index is 1040. The number of carbonyl (C=O) groups is 1. The molecular weight excluding hydrogens is 394 g/mol. The summed E-state index contributed by atoms with van der Waals surface area (Å²) in [5, 5.41) is 0. The lowest BCUT2D eigenvalue weighted by atomic mass is 9.86. The molecule has 0 aliphatic carbocycles. The van der Waals surface area contributed by atoms with Gasteiger partial charge in [-0.25, -0.2) is 0 Å². The second-order valence-corrected chi connectivity index (χ2v) is 9.44. The predicted octanol–water partition coefficient (Wildman–Crippen LogP) is 5.10. The number of amides is 1. The molecule has 4 nitrogen and oxygen atoms in total. The molecule has 0 N–H and O–H groups in total. The Morgan fingerprint density at radius 2 is 1.72 bits per heavy atom. The van der Waals surface area contributed by atoms with E-state index in [1.165, 1.54) is 16.8 Å². The van der Waals surface area contributed by atoms with E-state index in [-0.39, 0.29) is 11.9 Å². The minimum Gasteiger partial charge on any atom is -0.353 e. The third-order valence-electron chi connectivity index (χ3n) is 6.88. The Balaban J connectivity index is 1.59. The van der Waals surface area contributed by atoms with Crippen LogP contribution in [0.15, 0.2) is 72.9 Å². The topological polar surface area (TPSA) is 28.5 Å². The lowest BCUT2D eigenvalue weighted by molar-refractivity contribution is 0.0668. The third-order valence-corrected chi connectivity index (χ3v) is 6.88. The van der Waals surface area contributed by atoms with Gasteiger partial charge in [0.1, 0.15) is 0 Å². The predicted molar refractivity (Wildman–Crippen MR) is 131 cm³/mol. The van der Waals surface area contributed by atoms with E-state index in [2.05, 4.69) is 84.8 Å². The van der Waals surface area contributed by atoms with Gasteiger partial charge in [-0.05, 0) is 62.1 Å². The van der Waals surface area contributed by atoms with Crippen LogP contribution in [0.2, 0.25) is 0 Å². The van der Waals surface area contributed by atoms with Crippen LogP contribution >= 0.6 is 0 Å². The van der Waals surface area contributed by atoms with E-state index in [1.54, 1.807) is 0 Å². The molecule has 1 amide bonds. The van der Waals surface area contributed by atoms with Gasteiger partial charge in [-0.15, -0.1) is 0 Å². The van der Waals surface area contributed by atoms with Crippen LogP contribution in [0.3, 0.4) is 0 Å². The van der Waals surface area contributed by atoms with Crippen LogP contribution in [0.4, 0.5) is 0 Å². The number of hydrogen-bond donors (Lipinski definition) is 0. The fraction of sp³-hybridized carbons (Fsp3) is 0.393. The van der Waals surface area contributed by atoms with Crippen molar-refractivity contribution in [2.75, 3.05) is 19.6 Å². The van der Waals surface area contributed by atoms with Gasteiger partial charge in [0.2, 0.25) is 0 Å². The monoisotopic (exact) mass is 429 g/mol. The molecule has 0 radical (unpaired) electrons. The quantitative estimate of drug-likeness (QED) is 0.523. The number of aryl methyl sites for hydroxylation is 2. The maximum absolute atomic E-state index is 13.4. The van der Waals surface area contributed by atoms with Crippen LogP contribution in [-0.2, 0) is 13.6 Å². The van der Waals surface area contributed by atoms with Gasteiger partial charge in [0.25, 0.3) is 5.91 Å². The van der Waals surface area contributed by atoms with Gasteiger partial charge >= 0.3 is 0 Å². The molecule has 32 heavy (non-hydrogen) atoms. The van der Waals surface area contributed by atoms with Gasteiger partial charge in [0.05, 0.1) is 0 Å². The summed E-state index contributed by atoms with van der Waals surface area (Å²) in [6.07, 6.45) is 2.11. The molecule has 2 unspecified atom stereocenters. The lowest BCUT2D eigenvalue weighted by Crippen LogP contribution is -2.42. The molecule has 1 fully saturated rings. The van der Waals surface area contributed by atoms with Crippen LogP contribution in [0.25, 0.3) is 0 Å². The molecule has 1 aliphatic heterocycles. The molecule has 0 spiro atoms. The first-order valence-corrected chi connectivity index (χ1v) is 11.7. The largest absolute Gasteiger partial charge is 0.353 e. The van der Waals surface area contributed by atoms with Crippen molar-refractivity contribution in [1.82, 2.24) is 14.4 Å². The Morgan fingerprint density at radius 1 is 1.00 bits per heavy atom. The van der Waals surface area contributed by atoms with Crippen LogP contribution in [0, 0.1) is 12.8 Å². The number of hydrogen-bond acceptors (Lipinski definition) is 2. The third kappa shape index (κ3) is 4.81. The fourth-order valence-electron chi connectivity index (χ4n) is 5.05. The van der Waals surface area contributed by atoms with Crippen molar-refractivity contribution in [2.24, 2.45) is 13.0 Å². The number of benzene rings is 2. The number of carbonyl (C=O) groups excluding carboxylic acids is 1. The number of rotatable bonds is 7. The number of nitrogens with zero attached hydrogens (tertiary/aromatic N) is 3. The Labute approximate surface area is 192 Å². The average Bonchev–Trinajstić information content (AvgIpc) is 3.38. The molecule has 2 heterocycles. The molecule has 2 atom stereocenters. The minimum absolute atomic E-state index is 0.130. The summed E-state index contributed by atoms with van der Waals surface area (Å²) in [6, 6.07) is 22.9. The second kappa shape index (κ2) is 9.74. The van der Waals surface area contributed by atoms with Crippen LogP contribution in [-0.4, -0.2) is 46.0 Å². The summed E-state index contributed by atoms with van der Waals surface area (Å²) in [7, 11) is 2.11. The zero-order valence-corrected chi connectivity index (χ0v) is 19.7. The maximum atomic E-state index is 13.4. The zero-order chi connectivity index (χ0) is 22.7. The number of likely N-dealkylation sites (tertiary alicyclic amines) is 1. The van der Waals surface area contributed by atoms with Crippen molar-refractivity contribution in [2.45, 2.75) is 39.3 Å². The van der Waals surface area contributed by atoms with Crippen molar-refractivity contribution in [3.8, 4) is 0 Å². The smallest absolute Gasteiger partial charge is 0.254 e. The SMILES string of the molecule is Cc1ccccc1C1CN(Cc2cccn2C)CC1CN(C(=O)c1ccccc1)C(C)C. The van der Waals surface area contributed by atoms with E-state index in [1.807, 2.05) is 30.3 Å². The highest BCUT2D eigenvalue weighted by Gasteiger charge is 2.37. The van der Waals surface area contributed by atoms with E-state index in [4.69, 9.17) is 0 Å². The van der Waals surface area contributed by atoms with E-state index in [0.29, 0.717) is 11.8 Å². The summed E-state index contributed by atoms with van der Waals surface area (Å²) in [6.45, 7) is 10.2. The summed E-state index contributed by atoms with van der Waals surface area (Å²) in [4.78, 5) is 18.0.